The predicted octanol–water partition coefficient (Wildman–Crippen LogP) is 15.9. The van der Waals surface area contributed by atoms with E-state index in [1.54, 1.807) is 0 Å². The number of anilines is 3. The summed E-state index contributed by atoms with van der Waals surface area (Å²) in [6.07, 6.45) is 6.08. The van der Waals surface area contributed by atoms with Gasteiger partial charge in [-0.2, -0.15) is 0 Å². The van der Waals surface area contributed by atoms with Crippen molar-refractivity contribution in [3.05, 3.63) is 272 Å². The summed E-state index contributed by atoms with van der Waals surface area (Å²) in [4.78, 5) is 2.46. The summed E-state index contributed by atoms with van der Waals surface area (Å²) in [6, 6.07) is 79.2. The van der Waals surface area contributed by atoms with E-state index < -0.39 is 5.41 Å². The Bertz CT molecular complexity index is 2930. The van der Waals surface area contributed by atoms with E-state index >= 15 is 0 Å². The minimum atomic E-state index is -0.702. The van der Waals surface area contributed by atoms with Crippen molar-refractivity contribution >= 4 is 27.8 Å². The third kappa shape index (κ3) is 6.03. The van der Waals surface area contributed by atoms with Crippen molar-refractivity contribution in [1.29, 1.82) is 0 Å². The SMILES string of the molecule is C=C/C=C(\C=C)C1(c2ccccc2)c2ccccc2-c2c(N(c3ccc(-c4ccccc4)cc3)c3ccc(-c4ccccc4)cc3)cc3c(-c4ccccc4)cccc3c21. The molecule has 0 saturated heterocycles. The fraction of sp³-hybridized carbons (Fsp3) is 0.0169. The van der Waals surface area contributed by atoms with Gasteiger partial charge in [0.25, 0.3) is 0 Å². The Balaban J connectivity index is 1.35. The van der Waals surface area contributed by atoms with Gasteiger partial charge in [0.1, 0.15) is 0 Å². The van der Waals surface area contributed by atoms with Gasteiger partial charge in [-0.15, -0.1) is 0 Å². The molecule has 1 aliphatic carbocycles. The van der Waals surface area contributed by atoms with Crippen molar-refractivity contribution in [3.63, 3.8) is 0 Å². The molecular formula is C59H43N. The second-order valence-electron chi connectivity index (χ2n) is 15.3. The van der Waals surface area contributed by atoms with Crippen LogP contribution < -0.4 is 4.90 Å². The Hall–Kier alpha value is -7.74. The van der Waals surface area contributed by atoms with Crippen molar-refractivity contribution < 1.29 is 0 Å². The van der Waals surface area contributed by atoms with Crippen LogP contribution in [-0.4, -0.2) is 0 Å². The summed E-state index contributed by atoms with van der Waals surface area (Å²) in [6.45, 7) is 8.70. The minimum absolute atomic E-state index is 0.702. The molecule has 0 fully saturated rings. The highest BCUT2D eigenvalue weighted by Crippen LogP contribution is 2.62. The van der Waals surface area contributed by atoms with E-state index in [9.17, 15) is 0 Å². The Morgan fingerprint density at radius 2 is 0.917 bits per heavy atom. The number of benzene rings is 9. The van der Waals surface area contributed by atoms with Gasteiger partial charge in [-0.1, -0.05) is 219 Å². The molecule has 0 saturated carbocycles. The van der Waals surface area contributed by atoms with Gasteiger partial charge in [0.05, 0.1) is 11.1 Å². The van der Waals surface area contributed by atoms with Crippen LogP contribution >= 0.6 is 0 Å². The summed E-state index contributed by atoms with van der Waals surface area (Å²) in [5.41, 5.74) is 16.7. The van der Waals surface area contributed by atoms with E-state index in [4.69, 9.17) is 0 Å². The van der Waals surface area contributed by atoms with E-state index in [0.29, 0.717) is 0 Å². The summed E-state index contributed by atoms with van der Waals surface area (Å²) in [5, 5.41) is 2.38. The molecule has 1 heteroatoms. The topological polar surface area (TPSA) is 3.24 Å². The lowest BCUT2D eigenvalue weighted by atomic mass is 9.66. The van der Waals surface area contributed by atoms with Crippen molar-refractivity contribution in [2.75, 3.05) is 4.90 Å². The summed E-state index contributed by atoms with van der Waals surface area (Å²) >= 11 is 0. The molecule has 1 nitrogen and oxygen atoms in total. The molecule has 1 unspecified atom stereocenters. The summed E-state index contributed by atoms with van der Waals surface area (Å²) in [5.74, 6) is 0. The monoisotopic (exact) mass is 765 g/mol. The first-order chi connectivity index (χ1) is 29.7. The number of hydrogen-bond donors (Lipinski definition) is 0. The van der Waals surface area contributed by atoms with Crippen LogP contribution in [0.15, 0.2) is 255 Å². The number of hydrogen-bond acceptors (Lipinski definition) is 1. The van der Waals surface area contributed by atoms with E-state index in [-0.39, 0.29) is 0 Å². The third-order valence-corrected chi connectivity index (χ3v) is 12.1. The smallest absolute Gasteiger partial charge is 0.0720 e. The van der Waals surface area contributed by atoms with Gasteiger partial charge >= 0.3 is 0 Å². The second-order valence-corrected chi connectivity index (χ2v) is 15.3. The molecule has 10 rings (SSSR count). The standard InChI is InChI=1S/C59H43N/c1-3-20-47(4-2)59(48-27-15-8-16-28-48)55-32-18-17-29-53(55)57-56(41-54-51(46-25-13-7-14-26-46)30-19-31-52(54)58(57)59)60(49-37-33-44(34-38-49)42-21-9-5-10-22-42)50-39-35-45(36-40-50)43-23-11-6-12-24-43/h3-41H,1-2H2/b47-20+. The molecule has 0 radical (unpaired) electrons. The molecule has 60 heavy (non-hydrogen) atoms. The number of fused-ring (bicyclic) bond motifs is 5. The Kier molecular flexibility index (Phi) is 9.48. The fourth-order valence-corrected chi connectivity index (χ4v) is 9.50. The lowest BCUT2D eigenvalue weighted by Gasteiger charge is -2.36. The Morgan fingerprint density at radius 1 is 0.433 bits per heavy atom. The van der Waals surface area contributed by atoms with E-state index in [1.807, 2.05) is 12.2 Å². The Labute approximate surface area is 353 Å². The summed E-state index contributed by atoms with van der Waals surface area (Å²) < 4.78 is 0. The predicted molar refractivity (Wildman–Crippen MR) is 255 cm³/mol. The van der Waals surface area contributed by atoms with Crippen molar-refractivity contribution in [2.45, 2.75) is 5.41 Å². The third-order valence-electron chi connectivity index (χ3n) is 12.1. The molecule has 9 aromatic rings. The molecule has 0 amide bonds. The lowest BCUT2D eigenvalue weighted by Crippen LogP contribution is -2.29. The normalized spacial score (nSPS) is 14.3. The van der Waals surface area contributed by atoms with Crippen LogP contribution in [0.25, 0.3) is 55.3 Å². The zero-order valence-corrected chi connectivity index (χ0v) is 33.4. The molecule has 0 heterocycles. The zero-order valence-electron chi connectivity index (χ0n) is 33.4. The van der Waals surface area contributed by atoms with Crippen LogP contribution in [-0.2, 0) is 5.41 Å². The molecule has 0 aliphatic heterocycles. The van der Waals surface area contributed by atoms with Crippen LogP contribution in [0, 0.1) is 0 Å². The van der Waals surface area contributed by atoms with Crippen LogP contribution in [0.5, 0.6) is 0 Å². The van der Waals surface area contributed by atoms with Gasteiger partial charge < -0.3 is 4.90 Å². The molecule has 0 N–H and O–H groups in total. The molecule has 0 spiro atoms. The van der Waals surface area contributed by atoms with Gasteiger partial charge in [0, 0.05) is 16.9 Å². The van der Waals surface area contributed by atoms with E-state index in [1.165, 1.54) is 72.0 Å². The number of allylic oxidation sites excluding steroid dienone is 4. The van der Waals surface area contributed by atoms with E-state index in [2.05, 4.69) is 243 Å². The lowest BCUT2D eigenvalue weighted by molar-refractivity contribution is 0.774. The number of nitrogens with zero attached hydrogens (tertiary/aromatic N) is 1. The van der Waals surface area contributed by atoms with Crippen molar-refractivity contribution in [1.82, 2.24) is 0 Å². The summed E-state index contributed by atoms with van der Waals surface area (Å²) in [7, 11) is 0. The van der Waals surface area contributed by atoms with Gasteiger partial charge in [0.15, 0.2) is 0 Å². The highest BCUT2D eigenvalue weighted by atomic mass is 15.1. The van der Waals surface area contributed by atoms with Crippen molar-refractivity contribution in [3.8, 4) is 44.5 Å². The quantitative estimate of drug-likeness (QED) is 0.125. The fourth-order valence-electron chi connectivity index (χ4n) is 9.50. The highest BCUT2D eigenvalue weighted by Gasteiger charge is 2.49. The van der Waals surface area contributed by atoms with Gasteiger partial charge in [-0.05, 0) is 102 Å². The van der Waals surface area contributed by atoms with Crippen LogP contribution in [0.1, 0.15) is 16.7 Å². The molecule has 284 valence electrons. The first-order valence-electron chi connectivity index (χ1n) is 20.6. The molecule has 9 aromatic carbocycles. The van der Waals surface area contributed by atoms with Gasteiger partial charge in [-0.25, -0.2) is 0 Å². The van der Waals surface area contributed by atoms with Crippen molar-refractivity contribution in [2.24, 2.45) is 0 Å². The van der Waals surface area contributed by atoms with Gasteiger partial charge in [0.2, 0.25) is 0 Å². The maximum atomic E-state index is 4.48. The first kappa shape index (κ1) is 36.6. The Morgan fingerprint density at radius 3 is 1.47 bits per heavy atom. The van der Waals surface area contributed by atoms with Crippen LogP contribution in [0.4, 0.5) is 17.1 Å². The first-order valence-corrected chi connectivity index (χ1v) is 20.6. The zero-order chi connectivity index (χ0) is 40.5. The van der Waals surface area contributed by atoms with Crippen LogP contribution in [0.2, 0.25) is 0 Å². The van der Waals surface area contributed by atoms with Gasteiger partial charge in [-0.3, -0.25) is 0 Å². The number of rotatable bonds is 10. The van der Waals surface area contributed by atoms with E-state index in [0.717, 1.165) is 22.6 Å². The largest absolute Gasteiger partial charge is 0.310 e. The molecule has 0 aromatic heterocycles. The minimum Gasteiger partial charge on any atom is -0.310 e. The average Bonchev–Trinajstić information content (AvgIpc) is 3.64. The molecular weight excluding hydrogens is 723 g/mol. The maximum absolute atomic E-state index is 4.48. The maximum Gasteiger partial charge on any atom is 0.0720 e. The molecule has 1 aliphatic rings. The van der Waals surface area contributed by atoms with Crippen LogP contribution in [0.3, 0.4) is 0 Å². The molecule has 0 bridgehead atoms. The second kappa shape index (κ2) is 15.5. The average molecular weight is 766 g/mol. The molecule has 1 atom stereocenters. The highest BCUT2D eigenvalue weighted by molar-refractivity contribution is 6.11.